The fourth-order valence-corrected chi connectivity index (χ4v) is 2.71. The standard InChI is InChI=1S/C16H24N2O3/c1-21-15-8-3-2-6-13(15)12-18(10-11-19)16(20)14-7-4-5-9-17-14/h2-3,6,8,14,17,19H,4-5,7,9-12H2,1H3. The van der Waals surface area contributed by atoms with E-state index in [1.54, 1.807) is 12.0 Å². The van der Waals surface area contributed by atoms with Crippen molar-refractivity contribution in [3.63, 3.8) is 0 Å². The number of hydrogen-bond donors (Lipinski definition) is 2. The number of nitrogens with zero attached hydrogens (tertiary/aromatic N) is 1. The van der Waals surface area contributed by atoms with Crippen LogP contribution >= 0.6 is 0 Å². The number of rotatable bonds is 6. The van der Waals surface area contributed by atoms with E-state index in [2.05, 4.69) is 5.32 Å². The van der Waals surface area contributed by atoms with Crippen LogP contribution in [0.4, 0.5) is 0 Å². The molecule has 5 nitrogen and oxygen atoms in total. The second-order valence-electron chi connectivity index (χ2n) is 5.30. The third kappa shape index (κ3) is 4.19. The smallest absolute Gasteiger partial charge is 0.240 e. The van der Waals surface area contributed by atoms with Crippen molar-refractivity contribution in [2.24, 2.45) is 0 Å². The quantitative estimate of drug-likeness (QED) is 0.826. The van der Waals surface area contributed by atoms with Crippen molar-refractivity contribution < 1.29 is 14.6 Å². The lowest BCUT2D eigenvalue weighted by atomic mass is 10.0. The van der Waals surface area contributed by atoms with Gasteiger partial charge < -0.3 is 20.1 Å². The maximum absolute atomic E-state index is 12.6. The van der Waals surface area contributed by atoms with Gasteiger partial charge >= 0.3 is 0 Å². The molecule has 21 heavy (non-hydrogen) atoms. The van der Waals surface area contributed by atoms with Gasteiger partial charge in [0, 0.05) is 18.7 Å². The number of piperidine rings is 1. The minimum absolute atomic E-state index is 0.0341. The summed E-state index contributed by atoms with van der Waals surface area (Å²) in [5.41, 5.74) is 0.956. The lowest BCUT2D eigenvalue weighted by Gasteiger charge is -2.30. The Morgan fingerprint density at radius 2 is 2.24 bits per heavy atom. The van der Waals surface area contributed by atoms with Gasteiger partial charge in [0.05, 0.1) is 19.8 Å². The third-order valence-corrected chi connectivity index (χ3v) is 3.84. The molecular formula is C16H24N2O3. The molecule has 1 aliphatic rings. The summed E-state index contributed by atoms with van der Waals surface area (Å²) in [6.07, 6.45) is 3.06. The van der Waals surface area contributed by atoms with Crippen LogP contribution in [-0.4, -0.2) is 48.8 Å². The second-order valence-corrected chi connectivity index (χ2v) is 5.30. The molecular weight excluding hydrogens is 268 g/mol. The van der Waals surface area contributed by atoms with E-state index in [-0.39, 0.29) is 18.6 Å². The molecule has 5 heteroatoms. The number of ether oxygens (including phenoxy) is 1. The van der Waals surface area contributed by atoms with Crippen molar-refractivity contribution in [1.82, 2.24) is 10.2 Å². The summed E-state index contributed by atoms with van der Waals surface area (Å²) in [4.78, 5) is 14.3. The van der Waals surface area contributed by atoms with Crippen LogP contribution in [0.15, 0.2) is 24.3 Å². The Bertz CT molecular complexity index is 459. The molecule has 2 rings (SSSR count). The van der Waals surface area contributed by atoms with Gasteiger partial charge in [-0.05, 0) is 25.5 Å². The first-order valence-corrected chi connectivity index (χ1v) is 7.51. The topological polar surface area (TPSA) is 61.8 Å². The van der Waals surface area contributed by atoms with Gasteiger partial charge in [-0.1, -0.05) is 24.6 Å². The maximum atomic E-state index is 12.6. The minimum atomic E-state index is -0.125. The number of carbonyl (C=O) groups excluding carboxylic acids is 1. The highest BCUT2D eigenvalue weighted by Crippen LogP contribution is 2.20. The molecule has 0 saturated carbocycles. The summed E-state index contributed by atoms with van der Waals surface area (Å²) in [5.74, 6) is 0.833. The summed E-state index contributed by atoms with van der Waals surface area (Å²) < 4.78 is 5.33. The Morgan fingerprint density at radius 3 is 2.90 bits per heavy atom. The molecule has 0 spiro atoms. The Kier molecular flexibility index (Phi) is 6.02. The molecule has 0 aromatic heterocycles. The molecule has 0 aliphatic carbocycles. The van der Waals surface area contributed by atoms with Crippen LogP contribution in [0.3, 0.4) is 0 Å². The van der Waals surface area contributed by atoms with Crippen LogP contribution in [0.2, 0.25) is 0 Å². The highest BCUT2D eigenvalue weighted by atomic mass is 16.5. The first-order valence-electron chi connectivity index (χ1n) is 7.51. The molecule has 116 valence electrons. The number of nitrogens with one attached hydrogen (secondary N) is 1. The van der Waals surface area contributed by atoms with Gasteiger partial charge in [0.2, 0.25) is 5.91 Å². The fraction of sp³-hybridized carbons (Fsp3) is 0.562. The Labute approximate surface area is 125 Å². The molecule has 1 aromatic carbocycles. The minimum Gasteiger partial charge on any atom is -0.496 e. The summed E-state index contributed by atoms with van der Waals surface area (Å²) in [7, 11) is 1.62. The first-order chi connectivity index (χ1) is 10.3. The summed E-state index contributed by atoms with van der Waals surface area (Å²) in [6, 6.07) is 7.54. The van der Waals surface area contributed by atoms with Gasteiger partial charge in [-0.15, -0.1) is 0 Å². The number of carbonyl (C=O) groups is 1. The summed E-state index contributed by atoms with van der Waals surface area (Å²) in [6.45, 7) is 1.66. The molecule has 1 atom stereocenters. The van der Waals surface area contributed by atoms with E-state index in [9.17, 15) is 9.90 Å². The monoisotopic (exact) mass is 292 g/mol. The van der Waals surface area contributed by atoms with Gasteiger partial charge in [-0.25, -0.2) is 0 Å². The van der Waals surface area contributed by atoms with Gasteiger partial charge in [0.25, 0.3) is 0 Å². The Hall–Kier alpha value is -1.59. The summed E-state index contributed by atoms with van der Waals surface area (Å²) in [5, 5.41) is 12.5. The molecule has 1 saturated heterocycles. The zero-order valence-electron chi connectivity index (χ0n) is 12.5. The predicted molar refractivity (Wildman–Crippen MR) is 81.1 cm³/mol. The number of methoxy groups -OCH3 is 1. The zero-order valence-corrected chi connectivity index (χ0v) is 12.5. The van der Waals surface area contributed by atoms with E-state index in [1.165, 1.54) is 0 Å². The zero-order chi connectivity index (χ0) is 15.1. The van der Waals surface area contributed by atoms with Gasteiger partial charge in [0.15, 0.2) is 0 Å². The van der Waals surface area contributed by atoms with Crippen LogP contribution < -0.4 is 10.1 Å². The van der Waals surface area contributed by atoms with Crippen LogP contribution in [0.5, 0.6) is 5.75 Å². The number of amides is 1. The third-order valence-electron chi connectivity index (χ3n) is 3.84. The molecule has 1 fully saturated rings. The van der Waals surface area contributed by atoms with Crippen molar-refractivity contribution in [2.45, 2.75) is 31.8 Å². The Balaban J connectivity index is 2.08. The van der Waals surface area contributed by atoms with E-state index >= 15 is 0 Å². The van der Waals surface area contributed by atoms with E-state index in [0.717, 1.165) is 37.1 Å². The molecule has 1 aromatic rings. The lowest BCUT2D eigenvalue weighted by Crippen LogP contribution is -2.49. The number of para-hydroxylation sites is 1. The van der Waals surface area contributed by atoms with Crippen molar-refractivity contribution in [3.05, 3.63) is 29.8 Å². The van der Waals surface area contributed by atoms with E-state index in [0.29, 0.717) is 13.1 Å². The molecule has 0 radical (unpaired) electrons. The second kappa shape index (κ2) is 8.00. The van der Waals surface area contributed by atoms with Crippen LogP contribution in [0.25, 0.3) is 0 Å². The van der Waals surface area contributed by atoms with Gasteiger partial charge in [-0.2, -0.15) is 0 Å². The van der Waals surface area contributed by atoms with Crippen LogP contribution in [0, 0.1) is 0 Å². The SMILES string of the molecule is COc1ccccc1CN(CCO)C(=O)C1CCCCN1. The van der Waals surface area contributed by atoms with Crippen molar-refractivity contribution in [3.8, 4) is 5.75 Å². The molecule has 1 unspecified atom stereocenters. The molecule has 1 amide bonds. The number of aliphatic hydroxyl groups excluding tert-OH is 1. The van der Waals surface area contributed by atoms with Crippen molar-refractivity contribution in [2.75, 3.05) is 26.8 Å². The average Bonchev–Trinajstić information content (AvgIpc) is 2.55. The molecule has 1 heterocycles. The Morgan fingerprint density at radius 1 is 1.43 bits per heavy atom. The van der Waals surface area contributed by atoms with E-state index < -0.39 is 0 Å². The van der Waals surface area contributed by atoms with Crippen LogP contribution in [-0.2, 0) is 11.3 Å². The van der Waals surface area contributed by atoms with Crippen LogP contribution in [0.1, 0.15) is 24.8 Å². The van der Waals surface area contributed by atoms with Crippen molar-refractivity contribution >= 4 is 5.91 Å². The number of benzene rings is 1. The van der Waals surface area contributed by atoms with E-state index in [4.69, 9.17) is 4.74 Å². The normalized spacial score (nSPS) is 18.3. The predicted octanol–water partition coefficient (Wildman–Crippen LogP) is 1.16. The van der Waals surface area contributed by atoms with Crippen molar-refractivity contribution in [1.29, 1.82) is 0 Å². The van der Waals surface area contributed by atoms with Gasteiger partial charge in [-0.3, -0.25) is 4.79 Å². The fourth-order valence-electron chi connectivity index (χ4n) is 2.71. The average molecular weight is 292 g/mol. The molecule has 0 bridgehead atoms. The lowest BCUT2D eigenvalue weighted by molar-refractivity contribution is -0.135. The number of hydrogen-bond acceptors (Lipinski definition) is 4. The largest absolute Gasteiger partial charge is 0.496 e. The van der Waals surface area contributed by atoms with Gasteiger partial charge in [0.1, 0.15) is 5.75 Å². The highest BCUT2D eigenvalue weighted by Gasteiger charge is 2.25. The highest BCUT2D eigenvalue weighted by molar-refractivity contribution is 5.82. The van der Waals surface area contributed by atoms with E-state index in [1.807, 2.05) is 24.3 Å². The number of aliphatic hydroxyl groups is 1. The first kappa shape index (κ1) is 15.8. The molecule has 2 N–H and O–H groups in total. The molecule has 1 aliphatic heterocycles. The summed E-state index contributed by atoms with van der Waals surface area (Å²) >= 11 is 0. The maximum Gasteiger partial charge on any atom is 0.240 e.